The molecule has 24 heavy (non-hydrogen) atoms. The number of nitrogens with zero attached hydrogens (tertiary/aromatic N) is 1. The Kier molecular flexibility index (Phi) is 4.34. The van der Waals surface area contributed by atoms with Gasteiger partial charge >= 0.3 is 11.9 Å². The lowest BCUT2D eigenvalue weighted by atomic mass is 10.0. The van der Waals surface area contributed by atoms with E-state index in [9.17, 15) is 14.4 Å². The molecule has 3 N–H and O–H groups in total. The molecule has 0 unspecified atom stereocenters. The molecule has 0 aromatic carbocycles. The average Bonchev–Trinajstić information content (AvgIpc) is 3.09. The molecule has 3 rings (SSSR count). The van der Waals surface area contributed by atoms with Crippen LogP contribution in [0.2, 0.25) is 0 Å². The number of hydrogen-bond donors (Lipinski definition) is 3. The number of ether oxygens (including phenoxy) is 2. The van der Waals surface area contributed by atoms with Crippen molar-refractivity contribution in [2.75, 3.05) is 6.61 Å². The van der Waals surface area contributed by atoms with Crippen LogP contribution < -0.4 is 10.9 Å². The minimum atomic E-state index is -0.442. The fourth-order valence-corrected chi connectivity index (χ4v) is 3.01. The highest BCUT2D eigenvalue weighted by molar-refractivity contribution is 5.78. The molecule has 1 aliphatic heterocycles. The first-order valence-corrected chi connectivity index (χ1v) is 7.57. The lowest BCUT2D eigenvalue weighted by Gasteiger charge is -2.18. The molecule has 0 spiro atoms. The summed E-state index contributed by atoms with van der Waals surface area (Å²) < 4.78 is 10.4. The smallest absolute Gasteiger partial charge is 0.302 e. The number of aromatic amines is 2. The Morgan fingerprint density at radius 1 is 1.29 bits per heavy atom. The van der Waals surface area contributed by atoms with Crippen LogP contribution in [-0.4, -0.2) is 45.6 Å². The van der Waals surface area contributed by atoms with Crippen LogP contribution in [0.4, 0.5) is 0 Å². The first-order chi connectivity index (χ1) is 11.5. The van der Waals surface area contributed by atoms with Crippen molar-refractivity contribution in [3.63, 3.8) is 0 Å². The van der Waals surface area contributed by atoms with Gasteiger partial charge in [-0.25, -0.2) is 4.98 Å². The molecule has 2 aromatic rings. The molecule has 0 bridgehead atoms. The average molecular weight is 334 g/mol. The second kappa shape index (κ2) is 6.44. The van der Waals surface area contributed by atoms with Gasteiger partial charge in [0.15, 0.2) is 0 Å². The zero-order chi connectivity index (χ0) is 17.3. The monoisotopic (exact) mass is 334 g/mol. The molecule has 0 amide bonds. The summed E-state index contributed by atoms with van der Waals surface area (Å²) in [4.78, 5) is 43.8. The summed E-state index contributed by atoms with van der Waals surface area (Å²) in [6.45, 7) is 2.86. The lowest BCUT2D eigenvalue weighted by Crippen LogP contribution is -2.30. The molecule has 0 aliphatic carbocycles. The summed E-state index contributed by atoms with van der Waals surface area (Å²) in [7, 11) is 0. The van der Waals surface area contributed by atoms with Crippen molar-refractivity contribution in [1.29, 1.82) is 0 Å². The molecule has 128 valence electrons. The highest BCUT2D eigenvalue weighted by Gasteiger charge is 2.39. The van der Waals surface area contributed by atoms with Gasteiger partial charge in [0.25, 0.3) is 5.56 Å². The molecule has 3 atom stereocenters. The van der Waals surface area contributed by atoms with E-state index in [0.29, 0.717) is 17.5 Å². The quantitative estimate of drug-likeness (QED) is 0.679. The van der Waals surface area contributed by atoms with Crippen molar-refractivity contribution < 1.29 is 19.1 Å². The van der Waals surface area contributed by atoms with Crippen molar-refractivity contribution in [1.82, 2.24) is 20.3 Å². The number of hydrogen-bond acceptors (Lipinski definition) is 7. The van der Waals surface area contributed by atoms with Crippen LogP contribution in [0.5, 0.6) is 0 Å². The van der Waals surface area contributed by atoms with Gasteiger partial charge < -0.3 is 24.8 Å². The van der Waals surface area contributed by atoms with Crippen molar-refractivity contribution in [2.24, 2.45) is 0 Å². The van der Waals surface area contributed by atoms with E-state index in [1.807, 2.05) is 0 Å². The van der Waals surface area contributed by atoms with E-state index in [-0.39, 0.29) is 30.2 Å². The molecule has 9 nitrogen and oxygen atoms in total. The van der Waals surface area contributed by atoms with E-state index in [0.717, 1.165) is 5.56 Å². The standard InChI is InChI=1S/C15H18N4O5/c1-7(20)23-5-9-3-11(24-8(2)21)12(19-9)10-4-16-14-13(10)17-6-18-15(14)22/h4,6,9,11-12,16,19H,3,5H2,1-2H3,(H,17,18,22)/t9-,11+,12-/m0/s1. The van der Waals surface area contributed by atoms with Crippen molar-refractivity contribution in [3.8, 4) is 0 Å². The summed E-state index contributed by atoms with van der Waals surface area (Å²) in [5.74, 6) is -0.768. The van der Waals surface area contributed by atoms with E-state index in [4.69, 9.17) is 9.47 Å². The van der Waals surface area contributed by atoms with Gasteiger partial charge in [-0.2, -0.15) is 0 Å². The second-order valence-corrected chi connectivity index (χ2v) is 5.73. The van der Waals surface area contributed by atoms with Gasteiger partial charge in [-0.05, 0) is 0 Å². The van der Waals surface area contributed by atoms with Crippen LogP contribution >= 0.6 is 0 Å². The van der Waals surface area contributed by atoms with E-state index < -0.39 is 12.1 Å². The first-order valence-electron chi connectivity index (χ1n) is 7.57. The Morgan fingerprint density at radius 3 is 2.79 bits per heavy atom. The fourth-order valence-electron chi connectivity index (χ4n) is 3.01. The minimum absolute atomic E-state index is 0.157. The topological polar surface area (TPSA) is 126 Å². The number of fused-ring (bicyclic) bond motifs is 1. The minimum Gasteiger partial charge on any atom is -0.464 e. The summed E-state index contributed by atoms with van der Waals surface area (Å²) in [6, 6.07) is -0.507. The number of nitrogens with one attached hydrogen (secondary N) is 3. The maximum absolute atomic E-state index is 11.8. The van der Waals surface area contributed by atoms with Crippen LogP contribution in [0.15, 0.2) is 17.3 Å². The zero-order valence-corrected chi connectivity index (χ0v) is 13.3. The Morgan fingerprint density at radius 2 is 2.08 bits per heavy atom. The van der Waals surface area contributed by atoms with Gasteiger partial charge in [0.2, 0.25) is 0 Å². The molecule has 0 radical (unpaired) electrons. The summed E-state index contributed by atoms with van der Waals surface area (Å²) in [5.41, 5.74) is 1.33. The number of esters is 2. The zero-order valence-electron chi connectivity index (χ0n) is 13.3. The maximum atomic E-state index is 11.8. The maximum Gasteiger partial charge on any atom is 0.302 e. The van der Waals surface area contributed by atoms with Crippen molar-refractivity contribution in [2.45, 2.75) is 38.5 Å². The number of carbonyl (C=O) groups is 2. The molecule has 1 saturated heterocycles. The largest absolute Gasteiger partial charge is 0.464 e. The third-order valence-corrected chi connectivity index (χ3v) is 3.94. The third kappa shape index (κ3) is 3.16. The van der Waals surface area contributed by atoms with Gasteiger partial charge in [-0.3, -0.25) is 14.4 Å². The third-order valence-electron chi connectivity index (χ3n) is 3.94. The molecule has 9 heteroatoms. The molecule has 1 aliphatic rings. The normalized spacial score (nSPS) is 23.3. The molecule has 1 fully saturated rings. The Hall–Kier alpha value is -2.68. The van der Waals surface area contributed by atoms with Crippen LogP contribution in [0.3, 0.4) is 0 Å². The number of carbonyl (C=O) groups excluding carboxylic acids is 2. The van der Waals surface area contributed by atoms with E-state index in [1.54, 1.807) is 6.20 Å². The van der Waals surface area contributed by atoms with Gasteiger partial charge in [0.1, 0.15) is 23.7 Å². The predicted molar refractivity (Wildman–Crippen MR) is 83.2 cm³/mol. The van der Waals surface area contributed by atoms with E-state index in [2.05, 4.69) is 20.3 Å². The Bertz CT molecular complexity index is 827. The number of rotatable bonds is 4. The van der Waals surface area contributed by atoms with Crippen LogP contribution in [0.25, 0.3) is 11.0 Å². The Labute approximate surface area is 136 Å². The SMILES string of the molecule is CC(=O)OC[C@@H]1C[C@@H](OC(C)=O)[C@H](c2c[nH]c3c(=O)[nH]cnc23)N1. The van der Waals surface area contributed by atoms with E-state index in [1.165, 1.54) is 20.2 Å². The molecular weight excluding hydrogens is 316 g/mol. The van der Waals surface area contributed by atoms with Crippen molar-refractivity contribution >= 4 is 23.0 Å². The summed E-state index contributed by atoms with van der Waals surface area (Å²) >= 11 is 0. The summed E-state index contributed by atoms with van der Waals surface area (Å²) in [6.07, 6.45) is 3.06. The second-order valence-electron chi connectivity index (χ2n) is 5.73. The Balaban J connectivity index is 1.90. The van der Waals surface area contributed by atoms with Gasteiger partial charge in [-0.1, -0.05) is 0 Å². The van der Waals surface area contributed by atoms with Gasteiger partial charge in [-0.15, -0.1) is 0 Å². The molecule has 2 aromatic heterocycles. The van der Waals surface area contributed by atoms with Crippen LogP contribution in [-0.2, 0) is 19.1 Å². The van der Waals surface area contributed by atoms with E-state index >= 15 is 0 Å². The molecule has 0 saturated carbocycles. The molecule has 3 heterocycles. The summed E-state index contributed by atoms with van der Waals surface area (Å²) in [5, 5.41) is 3.29. The lowest BCUT2D eigenvalue weighted by molar-refractivity contribution is -0.147. The van der Waals surface area contributed by atoms with Crippen LogP contribution in [0, 0.1) is 0 Å². The number of aromatic nitrogens is 3. The van der Waals surface area contributed by atoms with Gasteiger partial charge in [0.05, 0.1) is 12.4 Å². The first kappa shape index (κ1) is 16.2. The van der Waals surface area contributed by atoms with Gasteiger partial charge in [0, 0.05) is 38.1 Å². The highest BCUT2D eigenvalue weighted by atomic mass is 16.5. The molecular formula is C15H18N4O5. The number of H-pyrrole nitrogens is 2. The predicted octanol–water partition coefficient (Wildman–Crippen LogP) is 0.149. The van der Waals surface area contributed by atoms with Crippen molar-refractivity contribution in [3.05, 3.63) is 28.4 Å². The fraction of sp³-hybridized carbons (Fsp3) is 0.467. The highest BCUT2D eigenvalue weighted by Crippen LogP contribution is 2.32. The van der Waals surface area contributed by atoms with Crippen LogP contribution in [0.1, 0.15) is 31.9 Å².